The molecule has 124 valence electrons. The van der Waals surface area contributed by atoms with Crippen LogP contribution in [0.4, 0.5) is 0 Å². The molecule has 6 nitrogen and oxygen atoms in total. The van der Waals surface area contributed by atoms with E-state index in [4.69, 9.17) is 4.52 Å². The number of hydrogen-bond acceptors (Lipinski definition) is 5. The summed E-state index contributed by atoms with van der Waals surface area (Å²) in [5, 5.41) is 10.0. The van der Waals surface area contributed by atoms with E-state index in [1.807, 2.05) is 24.3 Å². The van der Waals surface area contributed by atoms with E-state index in [9.17, 15) is 4.79 Å². The zero-order valence-electron chi connectivity index (χ0n) is 12.4. The van der Waals surface area contributed by atoms with Gasteiger partial charge in [0.25, 0.3) is 0 Å². The molecule has 0 saturated carbocycles. The Kier molecular flexibility index (Phi) is 6.56. The summed E-state index contributed by atoms with van der Waals surface area (Å²) in [7, 11) is 0. The van der Waals surface area contributed by atoms with Gasteiger partial charge < -0.3 is 15.2 Å². The third-order valence-electron chi connectivity index (χ3n) is 3.57. The molecule has 2 aromatic rings. The van der Waals surface area contributed by atoms with E-state index in [-0.39, 0.29) is 24.4 Å². The van der Waals surface area contributed by atoms with Crippen LogP contribution in [0.2, 0.25) is 0 Å². The van der Waals surface area contributed by atoms with Crippen molar-refractivity contribution in [1.29, 1.82) is 0 Å². The summed E-state index contributed by atoms with van der Waals surface area (Å²) >= 11 is 3.42. The molecule has 1 aliphatic rings. The molecule has 1 amide bonds. The standard InChI is InChI=1S/C15H17BrN4O2.ClH/c16-11-4-1-3-10(9-11)14-19-13(22-20-14)6-8-18-15(21)12-5-2-7-17-12;/h1,3-4,9,12,17H,2,5-8H2,(H,18,21);1H. The number of hydrogen-bond donors (Lipinski definition) is 2. The number of benzene rings is 1. The highest BCUT2D eigenvalue weighted by atomic mass is 79.9. The lowest BCUT2D eigenvalue weighted by molar-refractivity contribution is -0.122. The summed E-state index contributed by atoms with van der Waals surface area (Å²) < 4.78 is 6.19. The molecule has 2 heterocycles. The second-order valence-electron chi connectivity index (χ2n) is 5.21. The Bertz CT molecular complexity index is 658. The van der Waals surface area contributed by atoms with Gasteiger partial charge >= 0.3 is 0 Å². The second kappa shape index (κ2) is 8.42. The molecule has 1 aliphatic heterocycles. The Morgan fingerprint density at radius 3 is 3.09 bits per heavy atom. The molecule has 0 bridgehead atoms. The summed E-state index contributed by atoms with van der Waals surface area (Å²) in [4.78, 5) is 16.2. The second-order valence-corrected chi connectivity index (χ2v) is 6.13. The Labute approximate surface area is 149 Å². The fraction of sp³-hybridized carbons (Fsp3) is 0.400. The fourth-order valence-electron chi connectivity index (χ4n) is 2.43. The van der Waals surface area contributed by atoms with Crippen LogP contribution in [0.15, 0.2) is 33.3 Å². The van der Waals surface area contributed by atoms with Crippen molar-refractivity contribution >= 4 is 34.2 Å². The molecule has 8 heteroatoms. The van der Waals surface area contributed by atoms with Crippen LogP contribution in [-0.4, -0.2) is 35.2 Å². The van der Waals surface area contributed by atoms with E-state index in [2.05, 4.69) is 36.7 Å². The first kappa shape index (κ1) is 17.9. The molecule has 1 atom stereocenters. The van der Waals surface area contributed by atoms with Gasteiger partial charge in [0, 0.05) is 23.0 Å². The molecule has 0 aliphatic carbocycles. The van der Waals surface area contributed by atoms with Gasteiger partial charge in [0.05, 0.1) is 6.04 Å². The predicted molar refractivity (Wildman–Crippen MR) is 92.4 cm³/mol. The Morgan fingerprint density at radius 2 is 2.35 bits per heavy atom. The average molecular weight is 402 g/mol. The maximum absolute atomic E-state index is 11.9. The SMILES string of the molecule is Cl.O=C(NCCc1nc(-c2cccc(Br)c2)no1)C1CCCN1. The maximum Gasteiger partial charge on any atom is 0.237 e. The van der Waals surface area contributed by atoms with Gasteiger partial charge in [0.15, 0.2) is 0 Å². The van der Waals surface area contributed by atoms with Crippen molar-refractivity contribution in [3.8, 4) is 11.4 Å². The van der Waals surface area contributed by atoms with E-state index in [1.165, 1.54) is 0 Å². The molecular formula is C15H18BrClN4O2. The summed E-state index contributed by atoms with van der Waals surface area (Å²) in [6, 6.07) is 7.66. The Hall–Kier alpha value is -1.44. The molecule has 1 aromatic carbocycles. The molecule has 1 aromatic heterocycles. The summed E-state index contributed by atoms with van der Waals surface area (Å²) in [5.74, 6) is 1.12. The first-order valence-corrected chi connectivity index (χ1v) is 8.11. The van der Waals surface area contributed by atoms with Crippen molar-refractivity contribution in [2.24, 2.45) is 0 Å². The minimum absolute atomic E-state index is 0. The van der Waals surface area contributed by atoms with Gasteiger partial charge in [-0.25, -0.2) is 0 Å². The van der Waals surface area contributed by atoms with Crippen LogP contribution in [0.5, 0.6) is 0 Å². The number of carbonyl (C=O) groups is 1. The zero-order chi connectivity index (χ0) is 15.4. The number of aromatic nitrogens is 2. The third kappa shape index (κ3) is 4.76. The van der Waals surface area contributed by atoms with Gasteiger partial charge in [-0.05, 0) is 31.5 Å². The van der Waals surface area contributed by atoms with Crippen molar-refractivity contribution in [1.82, 2.24) is 20.8 Å². The number of amides is 1. The van der Waals surface area contributed by atoms with Crippen LogP contribution in [-0.2, 0) is 11.2 Å². The summed E-state index contributed by atoms with van der Waals surface area (Å²) in [6.07, 6.45) is 2.48. The lowest BCUT2D eigenvalue weighted by Gasteiger charge is -2.09. The van der Waals surface area contributed by atoms with Crippen LogP contribution < -0.4 is 10.6 Å². The van der Waals surface area contributed by atoms with Crippen LogP contribution in [0.1, 0.15) is 18.7 Å². The number of rotatable bonds is 5. The number of halogens is 2. The van der Waals surface area contributed by atoms with Crippen LogP contribution in [0.3, 0.4) is 0 Å². The van der Waals surface area contributed by atoms with Crippen LogP contribution in [0.25, 0.3) is 11.4 Å². The quantitative estimate of drug-likeness (QED) is 0.804. The van der Waals surface area contributed by atoms with Gasteiger partial charge in [-0.15, -0.1) is 12.4 Å². The maximum atomic E-state index is 11.9. The average Bonchev–Trinajstić information content (AvgIpc) is 3.19. The highest BCUT2D eigenvalue weighted by Crippen LogP contribution is 2.20. The lowest BCUT2D eigenvalue weighted by Crippen LogP contribution is -2.41. The topological polar surface area (TPSA) is 80.1 Å². The first-order valence-electron chi connectivity index (χ1n) is 7.32. The predicted octanol–water partition coefficient (Wildman–Crippen LogP) is 2.33. The molecule has 23 heavy (non-hydrogen) atoms. The largest absolute Gasteiger partial charge is 0.354 e. The minimum Gasteiger partial charge on any atom is -0.354 e. The van der Waals surface area contributed by atoms with Gasteiger partial charge in [-0.3, -0.25) is 4.79 Å². The van der Waals surface area contributed by atoms with Crippen LogP contribution >= 0.6 is 28.3 Å². The molecule has 0 radical (unpaired) electrons. The number of nitrogens with zero attached hydrogens (tertiary/aromatic N) is 2. The van der Waals surface area contributed by atoms with Gasteiger partial charge in [0.1, 0.15) is 0 Å². The van der Waals surface area contributed by atoms with Crippen molar-refractivity contribution in [2.75, 3.05) is 13.1 Å². The molecule has 1 unspecified atom stereocenters. The third-order valence-corrected chi connectivity index (χ3v) is 4.06. The smallest absolute Gasteiger partial charge is 0.237 e. The van der Waals surface area contributed by atoms with E-state index in [0.717, 1.165) is 29.4 Å². The molecule has 1 saturated heterocycles. The van der Waals surface area contributed by atoms with E-state index < -0.39 is 0 Å². The monoisotopic (exact) mass is 400 g/mol. The van der Waals surface area contributed by atoms with Gasteiger partial charge in [-0.1, -0.05) is 33.2 Å². The molecule has 3 rings (SSSR count). The molecule has 1 fully saturated rings. The Balaban J connectivity index is 0.00000192. The first-order chi connectivity index (χ1) is 10.7. The van der Waals surface area contributed by atoms with Crippen LogP contribution in [0, 0.1) is 0 Å². The van der Waals surface area contributed by atoms with E-state index >= 15 is 0 Å². The molecular weight excluding hydrogens is 384 g/mol. The number of carbonyl (C=O) groups excluding carboxylic acids is 1. The van der Waals surface area contributed by atoms with Crippen molar-refractivity contribution in [2.45, 2.75) is 25.3 Å². The molecule has 2 N–H and O–H groups in total. The fourth-order valence-corrected chi connectivity index (χ4v) is 2.82. The Morgan fingerprint density at radius 1 is 1.48 bits per heavy atom. The normalized spacial score (nSPS) is 16.8. The van der Waals surface area contributed by atoms with Gasteiger partial charge in [-0.2, -0.15) is 4.98 Å². The molecule has 0 spiro atoms. The number of nitrogens with one attached hydrogen (secondary N) is 2. The highest BCUT2D eigenvalue weighted by molar-refractivity contribution is 9.10. The highest BCUT2D eigenvalue weighted by Gasteiger charge is 2.21. The van der Waals surface area contributed by atoms with Crippen molar-refractivity contribution in [3.05, 3.63) is 34.6 Å². The van der Waals surface area contributed by atoms with Crippen molar-refractivity contribution < 1.29 is 9.32 Å². The minimum atomic E-state index is -0.0556. The van der Waals surface area contributed by atoms with Crippen molar-refractivity contribution in [3.63, 3.8) is 0 Å². The lowest BCUT2D eigenvalue weighted by atomic mass is 10.2. The van der Waals surface area contributed by atoms with E-state index in [1.54, 1.807) is 0 Å². The van der Waals surface area contributed by atoms with Gasteiger partial charge in [0.2, 0.25) is 17.6 Å². The zero-order valence-corrected chi connectivity index (χ0v) is 14.8. The summed E-state index contributed by atoms with van der Waals surface area (Å²) in [5.41, 5.74) is 0.892. The summed E-state index contributed by atoms with van der Waals surface area (Å²) in [6.45, 7) is 1.41. The van der Waals surface area contributed by atoms with E-state index in [0.29, 0.717) is 24.7 Å².